The largest absolute Gasteiger partial charge is 0.494 e. The van der Waals surface area contributed by atoms with Crippen LogP contribution in [0.15, 0.2) is 47.5 Å². The molecule has 150 valence electrons. The summed E-state index contributed by atoms with van der Waals surface area (Å²) in [6.45, 7) is 6.11. The Bertz CT molecular complexity index is 889. The fourth-order valence-electron chi connectivity index (χ4n) is 2.92. The molecule has 0 spiro atoms. The van der Waals surface area contributed by atoms with E-state index in [9.17, 15) is 0 Å². The Balaban J connectivity index is 0.00000280. The van der Waals surface area contributed by atoms with Crippen LogP contribution in [0.25, 0.3) is 11.0 Å². The lowest BCUT2D eigenvalue weighted by Gasteiger charge is -2.14. The lowest BCUT2D eigenvalue weighted by molar-refractivity contribution is 0.336. The maximum Gasteiger partial charge on any atom is 0.191 e. The standard InChI is InChI=1S/C21H27N5O.HI/c1-4-27-19-13-15(2)9-10-16(19)14-24-21(22-3)23-12-11-20-25-17-7-5-6-8-18(17)26-20;/h5-10,13H,4,11-12,14H2,1-3H3,(H,25,26)(H2,22,23,24);1H. The zero-order valence-corrected chi connectivity index (χ0v) is 18.9. The first kappa shape index (κ1) is 22.0. The van der Waals surface area contributed by atoms with Crippen LogP contribution < -0.4 is 15.4 Å². The lowest BCUT2D eigenvalue weighted by atomic mass is 10.1. The Labute approximate surface area is 183 Å². The number of aromatic amines is 1. The molecule has 3 N–H and O–H groups in total. The number of hydrogen-bond acceptors (Lipinski definition) is 3. The van der Waals surface area contributed by atoms with Crippen molar-refractivity contribution in [3.63, 3.8) is 0 Å². The summed E-state index contributed by atoms with van der Waals surface area (Å²) in [5, 5.41) is 6.68. The van der Waals surface area contributed by atoms with Crippen LogP contribution in [0.2, 0.25) is 0 Å². The van der Waals surface area contributed by atoms with E-state index in [0.717, 1.165) is 47.1 Å². The summed E-state index contributed by atoms with van der Waals surface area (Å²) in [6.07, 6.45) is 0.796. The highest BCUT2D eigenvalue weighted by Gasteiger charge is 2.06. The molecule has 1 aromatic heterocycles. The Morgan fingerprint density at radius 3 is 2.75 bits per heavy atom. The summed E-state index contributed by atoms with van der Waals surface area (Å²) in [5.74, 6) is 2.65. The molecule has 0 amide bonds. The van der Waals surface area contributed by atoms with E-state index in [1.807, 2.05) is 31.2 Å². The monoisotopic (exact) mass is 493 g/mol. The van der Waals surface area contributed by atoms with E-state index in [1.54, 1.807) is 7.05 Å². The summed E-state index contributed by atoms with van der Waals surface area (Å²) in [7, 11) is 1.77. The van der Waals surface area contributed by atoms with Crippen LogP contribution in [0.5, 0.6) is 5.75 Å². The normalized spacial score (nSPS) is 11.2. The molecular formula is C21H28IN5O. The molecule has 0 radical (unpaired) electrons. The van der Waals surface area contributed by atoms with Crippen LogP contribution in [0.3, 0.4) is 0 Å². The molecule has 3 aromatic rings. The van der Waals surface area contributed by atoms with Crippen LogP contribution in [0.1, 0.15) is 23.9 Å². The number of halogens is 1. The number of benzene rings is 2. The summed E-state index contributed by atoms with van der Waals surface area (Å²) < 4.78 is 5.74. The number of para-hydroxylation sites is 2. The van der Waals surface area contributed by atoms with Gasteiger partial charge in [-0.05, 0) is 37.6 Å². The third kappa shape index (κ3) is 5.85. The van der Waals surface area contributed by atoms with Gasteiger partial charge < -0.3 is 20.4 Å². The molecule has 0 aliphatic heterocycles. The average Bonchev–Trinajstić information content (AvgIpc) is 3.09. The number of aliphatic imine (C=N–C) groups is 1. The number of fused-ring (bicyclic) bond motifs is 1. The molecule has 6 nitrogen and oxygen atoms in total. The van der Waals surface area contributed by atoms with Gasteiger partial charge in [0.15, 0.2) is 5.96 Å². The fraction of sp³-hybridized carbons (Fsp3) is 0.333. The van der Waals surface area contributed by atoms with Gasteiger partial charge in [0, 0.05) is 32.1 Å². The van der Waals surface area contributed by atoms with Crippen LogP contribution in [0, 0.1) is 6.92 Å². The number of hydrogen-bond donors (Lipinski definition) is 3. The molecule has 0 aliphatic rings. The number of nitrogens with one attached hydrogen (secondary N) is 3. The number of ether oxygens (including phenoxy) is 1. The second-order valence-electron chi connectivity index (χ2n) is 6.35. The lowest BCUT2D eigenvalue weighted by Crippen LogP contribution is -2.38. The molecule has 0 atom stereocenters. The second-order valence-corrected chi connectivity index (χ2v) is 6.35. The van der Waals surface area contributed by atoms with E-state index in [-0.39, 0.29) is 24.0 Å². The molecule has 1 heterocycles. The molecular weight excluding hydrogens is 465 g/mol. The van der Waals surface area contributed by atoms with E-state index in [1.165, 1.54) is 5.56 Å². The minimum absolute atomic E-state index is 0. The first-order chi connectivity index (χ1) is 13.2. The van der Waals surface area contributed by atoms with Gasteiger partial charge in [0.2, 0.25) is 0 Å². The van der Waals surface area contributed by atoms with E-state index >= 15 is 0 Å². The second kappa shape index (κ2) is 10.9. The Morgan fingerprint density at radius 1 is 1.18 bits per heavy atom. The highest BCUT2D eigenvalue weighted by atomic mass is 127. The first-order valence-electron chi connectivity index (χ1n) is 9.30. The van der Waals surface area contributed by atoms with E-state index in [0.29, 0.717) is 13.2 Å². The fourth-order valence-corrected chi connectivity index (χ4v) is 2.92. The Kier molecular flexibility index (Phi) is 8.56. The van der Waals surface area contributed by atoms with Crippen molar-refractivity contribution in [3.8, 4) is 5.75 Å². The highest BCUT2D eigenvalue weighted by Crippen LogP contribution is 2.20. The van der Waals surface area contributed by atoms with Gasteiger partial charge >= 0.3 is 0 Å². The van der Waals surface area contributed by atoms with Gasteiger partial charge in [-0.2, -0.15) is 0 Å². The van der Waals surface area contributed by atoms with Gasteiger partial charge in [-0.25, -0.2) is 4.98 Å². The minimum Gasteiger partial charge on any atom is -0.494 e. The van der Waals surface area contributed by atoms with Crippen LogP contribution in [0.4, 0.5) is 0 Å². The first-order valence-corrected chi connectivity index (χ1v) is 9.30. The quantitative estimate of drug-likeness (QED) is 0.266. The molecule has 7 heteroatoms. The van der Waals surface area contributed by atoms with Crippen molar-refractivity contribution in [1.82, 2.24) is 20.6 Å². The Hall–Kier alpha value is -2.29. The number of aromatic nitrogens is 2. The zero-order valence-electron chi connectivity index (χ0n) is 16.6. The molecule has 3 rings (SSSR count). The van der Waals surface area contributed by atoms with Gasteiger partial charge in [0.1, 0.15) is 11.6 Å². The van der Waals surface area contributed by atoms with Crippen LogP contribution in [-0.4, -0.2) is 36.1 Å². The van der Waals surface area contributed by atoms with Crippen molar-refractivity contribution < 1.29 is 4.74 Å². The summed E-state index contributed by atoms with van der Waals surface area (Å²) in [6, 6.07) is 14.3. The van der Waals surface area contributed by atoms with Crippen molar-refractivity contribution in [2.45, 2.75) is 26.8 Å². The van der Waals surface area contributed by atoms with Crippen molar-refractivity contribution in [2.24, 2.45) is 4.99 Å². The zero-order chi connectivity index (χ0) is 19.1. The van der Waals surface area contributed by atoms with Crippen molar-refractivity contribution in [3.05, 3.63) is 59.4 Å². The topological polar surface area (TPSA) is 74.3 Å². The molecule has 0 bridgehead atoms. The van der Waals surface area contributed by atoms with Crippen LogP contribution in [-0.2, 0) is 13.0 Å². The molecule has 0 unspecified atom stereocenters. The van der Waals surface area contributed by atoms with E-state index in [2.05, 4.69) is 50.7 Å². The maximum atomic E-state index is 5.74. The van der Waals surface area contributed by atoms with Crippen molar-refractivity contribution in [1.29, 1.82) is 0 Å². The van der Waals surface area contributed by atoms with Crippen LogP contribution >= 0.6 is 24.0 Å². The molecule has 28 heavy (non-hydrogen) atoms. The molecule has 0 fully saturated rings. The average molecular weight is 493 g/mol. The predicted molar refractivity (Wildman–Crippen MR) is 126 cm³/mol. The third-order valence-corrected chi connectivity index (χ3v) is 4.29. The van der Waals surface area contributed by atoms with Gasteiger partial charge in [0.25, 0.3) is 0 Å². The number of aryl methyl sites for hydroxylation is 1. The van der Waals surface area contributed by atoms with Gasteiger partial charge in [-0.1, -0.05) is 24.3 Å². The molecule has 2 aromatic carbocycles. The SMILES string of the molecule is CCOc1cc(C)ccc1CNC(=NC)NCCc1nc2ccccc2[nH]1.I. The number of nitrogens with zero attached hydrogens (tertiary/aromatic N) is 2. The molecule has 0 saturated carbocycles. The smallest absolute Gasteiger partial charge is 0.191 e. The van der Waals surface area contributed by atoms with E-state index < -0.39 is 0 Å². The van der Waals surface area contributed by atoms with Gasteiger partial charge in [0.05, 0.1) is 17.6 Å². The number of imidazole rings is 1. The summed E-state index contributed by atoms with van der Waals surface area (Å²) >= 11 is 0. The Morgan fingerprint density at radius 2 is 2.00 bits per heavy atom. The van der Waals surface area contributed by atoms with Crippen molar-refractivity contribution in [2.75, 3.05) is 20.2 Å². The molecule has 0 aliphatic carbocycles. The molecule has 0 saturated heterocycles. The third-order valence-electron chi connectivity index (χ3n) is 4.29. The summed E-state index contributed by atoms with van der Waals surface area (Å²) in [5.41, 5.74) is 4.37. The number of guanidine groups is 1. The number of rotatable bonds is 7. The van der Waals surface area contributed by atoms with E-state index in [4.69, 9.17) is 4.74 Å². The van der Waals surface area contributed by atoms with Gasteiger partial charge in [-0.3, -0.25) is 4.99 Å². The van der Waals surface area contributed by atoms with Crippen molar-refractivity contribution >= 4 is 41.0 Å². The van der Waals surface area contributed by atoms with Gasteiger partial charge in [-0.15, -0.1) is 24.0 Å². The highest BCUT2D eigenvalue weighted by molar-refractivity contribution is 14.0. The minimum atomic E-state index is 0. The predicted octanol–water partition coefficient (Wildman–Crippen LogP) is 3.80. The summed E-state index contributed by atoms with van der Waals surface area (Å²) in [4.78, 5) is 12.2. The maximum absolute atomic E-state index is 5.74. The number of H-pyrrole nitrogens is 1.